The van der Waals surface area contributed by atoms with Gasteiger partial charge in [0.1, 0.15) is 0 Å². The molecule has 2 atom stereocenters. The van der Waals surface area contributed by atoms with Crippen molar-refractivity contribution in [2.45, 2.75) is 51.6 Å². The van der Waals surface area contributed by atoms with E-state index in [4.69, 9.17) is 4.74 Å². The van der Waals surface area contributed by atoms with Crippen LogP contribution in [0.2, 0.25) is 0 Å². The second-order valence-corrected chi connectivity index (χ2v) is 5.94. The zero-order valence-corrected chi connectivity index (χ0v) is 11.7. The van der Waals surface area contributed by atoms with Crippen LogP contribution < -0.4 is 5.32 Å². The largest absolute Gasteiger partial charge is 0.378 e. The lowest BCUT2D eigenvalue weighted by Crippen LogP contribution is -2.46. The van der Waals surface area contributed by atoms with Gasteiger partial charge in [0.2, 0.25) is 5.91 Å². The summed E-state index contributed by atoms with van der Waals surface area (Å²) in [6.07, 6.45) is 4.07. The zero-order valence-electron chi connectivity index (χ0n) is 11.7. The number of morpholine rings is 1. The average molecular weight is 254 g/mol. The van der Waals surface area contributed by atoms with Gasteiger partial charge in [0.15, 0.2) is 0 Å². The first kappa shape index (κ1) is 13.8. The maximum atomic E-state index is 12.3. The predicted molar refractivity (Wildman–Crippen MR) is 71.4 cm³/mol. The van der Waals surface area contributed by atoms with Crippen molar-refractivity contribution in [1.29, 1.82) is 0 Å². The highest BCUT2D eigenvalue weighted by Gasteiger charge is 2.30. The molecule has 2 saturated heterocycles. The molecule has 4 heteroatoms. The minimum atomic E-state index is 0.214. The van der Waals surface area contributed by atoms with Crippen molar-refractivity contribution in [1.82, 2.24) is 10.2 Å². The Morgan fingerprint density at radius 3 is 3.00 bits per heavy atom. The SMILES string of the molecule is CC(C)CC1CCCN1C(=O)CC1COCCN1. The summed E-state index contributed by atoms with van der Waals surface area (Å²) in [5.41, 5.74) is 0. The van der Waals surface area contributed by atoms with Crippen LogP contribution in [-0.2, 0) is 9.53 Å². The Morgan fingerprint density at radius 1 is 1.50 bits per heavy atom. The van der Waals surface area contributed by atoms with Crippen LogP contribution in [0.4, 0.5) is 0 Å². The molecule has 104 valence electrons. The summed E-state index contributed by atoms with van der Waals surface area (Å²) in [5, 5.41) is 3.36. The Bertz CT molecular complexity index is 275. The van der Waals surface area contributed by atoms with Gasteiger partial charge in [0, 0.05) is 31.6 Å². The number of nitrogens with one attached hydrogen (secondary N) is 1. The van der Waals surface area contributed by atoms with Crippen molar-refractivity contribution in [2.24, 2.45) is 5.92 Å². The number of hydrogen-bond donors (Lipinski definition) is 1. The molecule has 0 aromatic rings. The number of hydrogen-bond acceptors (Lipinski definition) is 3. The van der Waals surface area contributed by atoms with Crippen molar-refractivity contribution in [2.75, 3.05) is 26.3 Å². The standard InChI is InChI=1S/C14H26N2O2/c1-11(2)8-13-4-3-6-16(13)14(17)9-12-10-18-7-5-15-12/h11-13,15H,3-10H2,1-2H3. The van der Waals surface area contributed by atoms with E-state index in [1.165, 1.54) is 6.42 Å². The molecule has 0 saturated carbocycles. The van der Waals surface area contributed by atoms with E-state index in [-0.39, 0.29) is 6.04 Å². The molecule has 2 aliphatic heterocycles. The molecular weight excluding hydrogens is 228 g/mol. The molecule has 0 aromatic heterocycles. The second-order valence-electron chi connectivity index (χ2n) is 5.94. The fourth-order valence-corrected chi connectivity index (χ4v) is 3.03. The summed E-state index contributed by atoms with van der Waals surface area (Å²) in [6, 6.07) is 0.688. The summed E-state index contributed by atoms with van der Waals surface area (Å²) in [5.74, 6) is 0.973. The molecule has 0 aliphatic carbocycles. The molecule has 0 spiro atoms. The number of ether oxygens (including phenoxy) is 1. The highest BCUT2D eigenvalue weighted by molar-refractivity contribution is 5.77. The summed E-state index contributed by atoms with van der Waals surface area (Å²) >= 11 is 0. The molecule has 2 aliphatic rings. The Morgan fingerprint density at radius 2 is 2.33 bits per heavy atom. The van der Waals surface area contributed by atoms with Crippen LogP contribution in [0.5, 0.6) is 0 Å². The van der Waals surface area contributed by atoms with Gasteiger partial charge in [-0.1, -0.05) is 13.8 Å². The van der Waals surface area contributed by atoms with Crippen molar-refractivity contribution >= 4 is 5.91 Å². The molecule has 2 unspecified atom stereocenters. The third-order valence-electron chi connectivity index (χ3n) is 3.86. The fourth-order valence-electron chi connectivity index (χ4n) is 3.03. The Hall–Kier alpha value is -0.610. The van der Waals surface area contributed by atoms with Gasteiger partial charge in [0.25, 0.3) is 0 Å². The van der Waals surface area contributed by atoms with E-state index in [9.17, 15) is 4.79 Å². The van der Waals surface area contributed by atoms with Crippen molar-refractivity contribution in [3.63, 3.8) is 0 Å². The lowest BCUT2D eigenvalue weighted by molar-refractivity contribution is -0.133. The predicted octanol–water partition coefficient (Wildman–Crippen LogP) is 1.40. The number of carbonyl (C=O) groups excluding carboxylic acids is 1. The van der Waals surface area contributed by atoms with Gasteiger partial charge < -0.3 is 15.0 Å². The van der Waals surface area contributed by atoms with Crippen molar-refractivity contribution in [3.05, 3.63) is 0 Å². The first-order chi connectivity index (χ1) is 8.66. The summed E-state index contributed by atoms with van der Waals surface area (Å²) in [6.45, 7) is 7.73. The van der Waals surface area contributed by atoms with Gasteiger partial charge in [0.05, 0.1) is 13.2 Å². The van der Waals surface area contributed by atoms with E-state index in [0.717, 1.165) is 32.5 Å². The quantitative estimate of drug-likeness (QED) is 0.824. The van der Waals surface area contributed by atoms with E-state index >= 15 is 0 Å². The average Bonchev–Trinajstić information content (AvgIpc) is 2.77. The van der Waals surface area contributed by atoms with E-state index in [1.807, 2.05) is 0 Å². The molecule has 1 amide bonds. The number of amides is 1. The number of carbonyl (C=O) groups is 1. The molecular formula is C14H26N2O2. The van der Waals surface area contributed by atoms with E-state index in [0.29, 0.717) is 30.9 Å². The first-order valence-corrected chi connectivity index (χ1v) is 7.27. The van der Waals surface area contributed by atoms with E-state index in [2.05, 4.69) is 24.1 Å². The lowest BCUT2D eigenvalue weighted by Gasteiger charge is -2.29. The molecule has 2 rings (SSSR count). The number of likely N-dealkylation sites (tertiary alicyclic amines) is 1. The zero-order chi connectivity index (χ0) is 13.0. The smallest absolute Gasteiger partial charge is 0.224 e. The number of rotatable bonds is 4. The van der Waals surface area contributed by atoms with Gasteiger partial charge in [-0.2, -0.15) is 0 Å². The van der Waals surface area contributed by atoms with Crippen LogP contribution in [0, 0.1) is 5.92 Å². The Labute approximate surface area is 110 Å². The Kier molecular flexibility index (Phi) is 5.01. The van der Waals surface area contributed by atoms with Crippen LogP contribution in [0.25, 0.3) is 0 Å². The van der Waals surface area contributed by atoms with Gasteiger partial charge in [-0.25, -0.2) is 0 Å². The molecule has 18 heavy (non-hydrogen) atoms. The second kappa shape index (κ2) is 6.53. The third-order valence-corrected chi connectivity index (χ3v) is 3.86. The van der Waals surface area contributed by atoms with Gasteiger partial charge in [-0.05, 0) is 25.2 Å². The minimum absolute atomic E-state index is 0.214. The van der Waals surface area contributed by atoms with Crippen LogP contribution in [0.15, 0.2) is 0 Å². The van der Waals surface area contributed by atoms with Crippen LogP contribution in [0.1, 0.15) is 39.5 Å². The highest BCUT2D eigenvalue weighted by Crippen LogP contribution is 2.24. The third kappa shape index (κ3) is 3.69. The van der Waals surface area contributed by atoms with Crippen molar-refractivity contribution in [3.8, 4) is 0 Å². The van der Waals surface area contributed by atoms with Crippen LogP contribution in [-0.4, -0.2) is 49.2 Å². The first-order valence-electron chi connectivity index (χ1n) is 7.27. The highest BCUT2D eigenvalue weighted by atomic mass is 16.5. The molecule has 4 nitrogen and oxygen atoms in total. The van der Waals surface area contributed by atoms with Crippen molar-refractivity contribution < 1.29 is 9.53 Å². The Balaban J connectivity index is 1.83. The molecule has 0 radical (unpaired) electrons. The normalized spacial score (nSPS) is 28.9. The minimum Gasteiger partial charge on any atom is -0.378 e. The molecule has 2 fully saturated rings. The van der Waals surface area contributed by atoms with Gasteiger partial charge in [-0.3, -0.25) is 4.79 Å². The van der Waals surface area contributed by atoms with Gasteiger partial charge in [-0.15, -0.1) is 0 Å². The summed E-state index contributed by atoms with van der Waals surface area (Å²) < 4.78 is 5.40. The molecule has 0 bridgehead atoms. The van der Waals surface area contributed by atoms with E-state index in [1.54, 1.807) is 0 Å². The topological polar surface area (TPSA) is 41.6 Å². The van der Waals surface area contributed by atoms with Crippen LogP contribution in [0.3, 0.4) is 0 Å². The summed E-state index contributed by atoms with van der Waals surface area (Å²) in [4.78, 5) is 14.4. The lowest BCUT2D eigenvalue weighted by atomic mass is 10.0. The fraction of sp³-hybridized carbons (Fsp3) is 0.929. The monoisotopic (exact) mass is 254 g/mol. The number of nitrogens with zero attached hydrogens (tertiary/aromatic N) is 1. The molecule has 2 heterocycles. The van der Waals surface area contributed by atoms with Gasteiger partial charge >= 0.3 is 0 Å². The van der Waals surface area contributed by atoms with Crippen LogP contribution >= 0.6 is 0 Å². The summed E-state index contributed by atoms with van der Waals surface area (Å²) in [7, 11) is 0. The maximum absolute atomic E-state index is 12.3. The van der Waals surface area contributed by atoms with E-state index < -0.39 is 0 Å². The molecule has 1 N–H and O–H groups in total. The molecule has 0 aromatic carbocycles. The maximum Gasteiger partial charge on any atom is 0.224 e.